The molecule has 1 aromatic heterocycles. The van der Waals surface area contributed by atoms with Gasteiger partial charge in [-0.25, -0.2) is 5.01 Å². The van der Waals surface area contributed by atoms with E-state index in [4.69, 9.17) is 18.0 Å². The number of anilines is 2. The first-order valence-electron chi connectivity index (χ1n) is 6.78. The van der Waals surface area contributed by atoms with Crippen molar-refractivity contribution in [3.05, 3.63) is 29.8 Å². The first-order valence-corrected chi connectivity index (χ1v) is 8.41. The van der Waals surface area contributed by atoms with Crippen LogP contribution in [0.4, 0.5) is 11.6 Å². The third-order valence-electron chi connectivity index (χ3n) is 3.04. The third-order valence-corrected chi connectivity index (χ3v) is 4.02. The minimum absolute atomic E-state index is 0.247. The molecule has 2 aromatic rings. The van der Waals surface area contributed by atoms with Crippen LogP contribution in [0.5, 0.6) is 0 Å². The van der Waals surface area contributed by atoms with Crippen LogP contribution in [0.25, 0.3) is 0 Å². The number of nitrogen functional groups attached to an aromatic ring is 1. The monoisotopic (exact) mass is 349 g/mol. The normalized spacial score (nSPS) is 11.0. The van der Waals surface area contributed by atoms with Crippen LogP contribution in [0.2, 0.25) is 0 Å². The van der Waals surface area contributed by atoms with Gasteiger partial charge in [0.15, 0.2) is 0 Å². The summed E-state index contributed by atoms with van der Waals surface area (Å²) < 4.78 is 1.40. The van der Waals surface area contributed by atoms with Gasteiger partial charge in [-0.05, 0) is 36.2 Å². The molecule has 0 aliphatic rings. The predicted molar refractivity (Wildman–Crippen MR) is 100 cm³/mol. The molecule has 7 nitrogen and oxygen atoms in total. The molecule has 0 atom stereocenters. The summed E-state index contributed by atoms with van der Waals surface area (Å²) >= 11 is 6.74. The van der Waals surface area contributed by atoms with Crippen LogP contribution in [0, 0.1) is 0 Å². The van der Waals surface area contributed by atoms with Gasteiger partial charge in [0.25, 0.3) is 0 Å². The first-order chi connectivity index (χ1) is 10.9. The summed E-state index contributed by atoms with van der Waals surface area (Å²) in [7, 11) is 5.74. The Hall–Kier alpha value is -2.13. The zero-order valence-electron chi connectivity index (χ0n) is 13.5. The average Bonchev–Trinajstić information content (AvgIpc) is 2.93. The van der Waals surface area contributed by atoms with Gasteiger partial charge in [0.1, 0.15) is 0 Å². The highest BCUT2D eigenvalue weighted by molar-refractivity contribution is 7.98. The Kier molecular flexibility index (Phi) is 5.56. The van der Waals surface area contributed by atoms with Gasteiger partial charge in [-0.3, -0.25) is 0 Å². The molecule has 0 spiro atoms. The molecule has 2 rings (SSSR count). The van der Waals surface area contributed by atoms with Crippen LogP contribution >= 0.6 is 24.0 Å². The lowest BCUT2D eigenvalue weighted by Crippen LogP contribution is -2.28. The molecule has 122 valence electrons. The average molecular weight is 349 g/mol. The van der Waals surface area contributed by atoms with Crippen molar-refractivity contribution in [2.75, 3.05) is 38.0 Å². The Balaban J connectivity index is 2.09. The summed E-state index contributed by atoms with van der Waals surface area (Å²) in [5.74, 6) is 0.247. The molecular weight excluding hydrogens is 330 g/mol. The van der Waals surface area contributed by atoms with Crippen molar-refractivity contribution in [2.24, 2.45) is 5.10 Å². The van der Waals surface area contributed by atoms with Crippen molar-refractivity contribution in [1.29, 1.82) is 0 Å². The molecule has 0 fully saturated rings. The molecule has 23 heavy (non-hydrogen) atoms. The summed E-state index contributed by atoms with van der Waals surface area (Å²) in [4.78, 5) is 6.14. The molecule has 0 aliphatic heterocycles. The van der Waals surface area contributed by atoms with Crippen LogP contribution in [0.1, 0.15) is 5.56 Å². The Morgan fingerprint density at radius 2 is 1.96 bits per heavy atom. The predicted octanol–water partition coefficient (Wildman–Crippen LogP) is 1.75. The topological polar surface area (TPSA) is 75.6 Å². The second-order valence-corrected chi connectivity index (χ2v) is 6.04. The number of thioether (sulfide) groups is 1. The molecule has 0 bridgehead atoms. The maximum atomic E-state index is 5.81. The van der Waals surface area contributed by atoms with Crippen LogP contribution in [-0.2, 0) is 0 Å². The van der Waals surface area contributed by atoms with Crippen LogP contribution in [-0.4, -0.2) is 58.5 Å². The standard InChI is InChI=1S/C14H19N7S2/c1-19(2)11-7-5-10(6-8-11)9-16-20(3)14(22)21-12(15)17-13(18-21)23-4/h5-9H,1-4H3,(H2,15,17,18)/b16-9+. The van der Waals surface area contributed by atoms with E-state index in [0.29, 0.717) is 10.3 Å². The molecule has 1 heterocycles. The Morgan fingerprint density at radius 3 is 2.48 bits per heavy atom. The van der Waals surface area contributed by atoms with E-state index >= 15 is 0 Å². The van der Waals surface area contributed by atoms with E-state index in [-0.39, 0.29) is 5.95 Å². The third kappa shape index (κ3) is 4.20. The van der Waals surface area contributed by atoms with E-state index in [1.165, 1.54) is 21.5 Å². The van der Waals surface area contributed by atoms with Gasteiger partial charge >= 0.3 is 0 Å². The highest BCUT2D eigenvalue weighted by Gasteiger charge is 2.13. The SMILES string of the molecule is CSc1nc(N)n(C(=S)N(C)/N=C/c2ccc(N(C)C)cc2)n1. The van der Waals surface area contributed by atoms with Crippen molar-refractivity contribution in [1.82, 2.24) is 19.8 Å². The number of hydrazone groups is 1. The summed E-state index contributed by atoms with van der Waals surface area (Å²) in [6.45, 7) is 0. The highest BCUT2D eigenvalue weighted by Crippen LogP contribution is 2.13. The largest absolute Gasteiger partial charge is 0.378 e. The van der Waals surface area contributed by atoms with Gasteiger partial charge in [-0.1, -0.05) is 23.9 Å². The molecule has 0 unspecified atom stereocenters. The Bertz CT molecular complexity index is 706. The zero-order chi connectivity index (χ0) is 17.0. The molecule has 2 N–H and O–H groups in total. The minimum Gasteiger partial charge on any atom is -0.378 e. The second-order valence-electron chi connectivity index (χ2n) is 4.91. The minimum atomic E-state index is 0.247. The van der Waals surface area contributed by atoms with Gasteiger partial charge in [-0.2, -0.15) is 14.8 Å². The fourth-order valence-electron chi connectivity index (χ4n) is 1.73. The van der Waals surface area contributed by atoms with Crippen molar-refractivity contribution < 1.29 is 0 Å². The number of nitrogens with two attached hydrogens (primary N) is 1. The maximum absolute atomic E-state index is 5.81. The van der Waals surface area contributed by atoms with Gasteiger partial charge < -0.3 is 10.6 Å². The Morgan fingerprint density at radius 1 is 1.30 bits per heavy atom. The molecule has 0 saturated heterocycles. The molecule has 0 amide bonds. The number of rotatable bonds is 4. The lowest BCUT2D eigenvalue weighted by atomic mass is 10.2. The number of aromatic nitrogens is 3. The van der Waals surface area contributed by atoms with Gasteiger partial charge in [0.2, 0.25) is 16.2 Å². The molecule has 0 saturated carbocycles. The van der Waals surface area contributed by atoms with Crippen molar-refractivity contribution >= 4 is 46.9 Å². The van der Waals surface area contributed by atoms with E-state index in [2.05, 4.69) is 15.2 Å². The molecule has 9 heteroatoms. The second kappa shape index (κ2) is 7.42. The fourth-order valence-corrected chi connectivity index (χ4v) is 2.26. The lowest BCUT2D eigenvalue weighted by Gasteiger charge is -2.14. The summed E-state index contributed by atoms with van der Waals surface area (Å²) in [5.41, 5.74) is 7.92. The smallest absolute Gasteiger partial charge is 0.226 e. The summed E-state index contributed by atoms with van der Waals surface area (Å²) in [5, 5.41) is 11.0. The molecular formula is C14H19N7S2. The van der Waals surface area contributed by atoms with E-state index in [9.17, 15) is 0 Å². The van der Waals surface area contributed by atoms with Crippen molar-refractivity contribution in [3.63, 3.8) is 0 Å². The van der Waals surface area contributed by atoms with E-state index in [1.807, 2.05) is 49.5 Å². The van der Waals surface area contributed by atoms with Crippen LogP contribution in [0.15, 0.2) is 34.5 Å². The zero-order valence-corrected chi connectivity index (χ0v) is 15.1. The van der Waals surface area contributed by atoms with Gasteiger partial charge in [0, 0.05) is 26.8 Å². The number of benzene rings is 1. The van der Waals surface area contributed by atoms with Crippen LogP contribution in [0.3, 0.4) is 0 Å². The number of thiocarbonyl (C=S) groups is 1. The molecule has 0 radical (unpaired) electrons. The highest BCUT2D eigenvalue weighted by atomic mass is 32.2. The van der Waals surface area contributed by atoms with Crippen molar-refractivity contribution in [3.8, 4) is 0 Å². The molecule has 1 aromatic carbocycles. The summed E-state index contributed by atoms with van der Waals surface area (Å²) in [6, 6.07) is 8.04. The van der Waals surface area contributed by atoms with Crippen molar-refractivity contribution in [2.45, 2.75) is 5.16 Å². The van der Waals surface area contributed by atoms with Gasteiger partial charge in [0.05, 0.1) is 6.21 Å². The van der Waals surface area contributed by atoms with Gasteiger partial charge in [-0.15, -0.1) is 5.10 Å². The van der Waals surface area contributed by atoms with Crippen LogP contribution < -0.4 is 10.6 Å². The summed E-state index contributed by atoms with van der Waals surface area (Å²) in [6.07, 6.45) is 3.61. The molecule has 0 aliphatic carbocycles. The Labute approximate surface area is 145 Å². The number of nitrogens with zero attached hydrogens (tertiary/aromatic N) is 6. The maximum Gasteiger partial charge on any atom is 0.226 e. The first kappa shape index (κ1) is 17.2. The lowest BCUT2D eigenvalue weighted by molar-refractivity contribution is 0.530. The van der Waals surface area contributed by atoms with E-state index in [0.717, 1.165) is 11.3 Å². The number of hydrogen-bond acceptors (Lipinski definition) is 7. The fraction of sp³-hybridized carbons (Fsp3) is 0.286. The van der Waals surface area contributed by atoms with E-state index in [1.54, 1.807) is 13.3 Å². The van der Waals surface area contributed by atoms with E-state index < -0.39 is 0 Å². The quantitative estimate of drug-likeness (QED) is 0.390. The number of hydrogen-bond donors (Lipinski definition) is 1.